The standard InChI is InChI=1S/C20H28N8.HI/c1-13(9-18-14(2)27-28(5)15(18)3)25-20(21-4)22-11-16-7-6-8-17(10-16)19-23-12-24-26-19;/h6-8,10,12-13H,9,11H2,1-5H3,(H2,21,22,25)(H,23,24,26);1H. The van der Waals surface area contributed by atoms with Crippen molar-refractivity contribution in [2.75, 3.05) is 7.05 Å². The Bertz CT molecular complexity index is 946. The first-order valence-electron chi connectivity index (χ1n) is 9.39. The summed E-state index contributed by atoms with van der Waals surface area (Å²) in [6, 6.07) is 8.42. The number of aromatic nitrogens is 5. The summed E-state index contributed by atoms with van der Waals surface area (Å²) in [5, 5.41) is 18.1. The fourth-order valence-electron chi connectivity index (χ4n) is 3.26. The molecule has 0 aliphatic heterocycles. The summed E-state index contributed by atoms with van der Waals surface area (Å²) in [6.07, 6.45) is 2.41. The first kappa shape index (κ1) is 22.9. The average Bonchev–Trinajstić information content (AvgIpc) is 3.30. The summed E-state index contributed by atoms with van der Waals surface area (Å²) >= 11 is 0. The Hall–Kier alpha value is -2.43. The van der Waals surface area contributed by atoms with Crippen molar-refractivity contribution < 1.29 is 0 Å². The molecular weight excluding hydrogens is 479 g/mol. The number of aryl methyl sites for hydroxylation is 2. The predicted molar refractivity (Wildman–Crippen MR) is 126 cm³/mol. The molecule has 0 saturated heterocycles. The van der Waals surface area contributed by atoms with Crippen molar-refractivity contribution in [1.82, 2.24) is 35.6 Å². The van der Waals surface area contributed by atoms with Crippen molar-refractivity contribution in [1.29, 1.82) is 0 Å². The minimum absolute atomic E-state index is 0. The second kappa shape index (κ2) is 10.4. The van der Waals surface area contributed by atoms with Crippen LogP contribution < -0.4 is 10.6 Å². The number of H-pyrrole nitrogens is 1. The van der Waals surface area contributed by atoms with Gasteiger partial charge in [0, 0.05) is 37.9 Å². The van der Waals surface area contributed by atoms with E-state index in [9.17, 15) is 0 Å². The third-order valence-corrected chi connectivity index (χ3v) is 4.85. The van der Waals surface area contributed by atoms with Crippen LogP contribution in [0.1, 0.15) is 29.4 Å². The van der Waals surface area contributed by atoms with E-state index in [1.165, 1.54) is 17.6 Å². The molecule has 0 aliphatic rings. The van der Waals surface area contributed by atoms with Gasteiger partial charge in [0.15, 0.2) is 11.8 Å². The fourth-order valence-corrected chi connectivity index (χ4v) is 3.26. The highest BCUT2D eigenvalue weighted by Gasteiger charge is 2.14. The molecule has 0 amide bonds. The van der Waals surface area contributed by atoms with Crippen molar-refractivity contribution >= 4 is 29.9 Å². The van der Waals surface area contributed by atoms with Gasteiger partial charge >= 0.3 is 0 Å². The molecule has 0 spiro atoms. The smallest absolute Gasteiger partial charge is 0.191 e. The van der Waals surface area contributed by atoms with Crippen LogP contribution in [-0.2, 0) is 20.0 Å². The third-order valence-electron chi connectivity index (χ3n) is 4.85. The maximum absolute atomic E-state index is 4.50. The number of aromatic amines is 1. The number of guanidine groups is 1. The van der Waals surface area contributed by atoms with Gasteiger partial charge in [0.2, 0.25) is 0 Å². The molecule has 1 aromatic carbocycles. The quantitative estimate of drug-likeness (QED) is 0.271. The SMILES string of the molecule is CN=C(NCc1cccc(-c2ncn[nH]2)c1)NC(C)Cc1c(C)nn(C)c1C.I. The van der Waals surface area contributed by atoms with Crippen LogP contribution in [0, 0.1) is 13.8 Å². The fraction of sp³-hybridized carbons (Fsp3) is 0.400. The minimum Gasteiger partial charge on any atom is -0.354 e. The number of nitrogens with one attached hydrogen (secondary N) is 3. The number of rotatable bonds is 6. The first-order chi connectivity index (χ1) is 13.5. The zero-order valence-electron chi connectivity index (χ0n) is 17.5. The summed E-state index contributed by atoms with van der Waals surface area (Å²) < 4.78 is 1.94. The van der Waals surface area contributed by atoms with Crippen molar-refractivity contribution in [3.63, 3.8) is 0 Å². The van der Waals surface area contributed by atoms with Gasteiger partial charge < -0.3 is 10.6 Å². The van der Waals surface area contributed by atoms with Gasteiger partial charge in [0.05, 0.1) is 5.69 Å². The lowest BCUT2D eigenvalue weighted by Gasteiger charge is -2.18. The van der Waals surface area contributed by atoms with E-state index in [2.05, 4.69) is 68.8 Å². The second-order valence-corrected chi connectivity index (χ2v) is 6.98. The van der Waals surface area contributed by atoms with Gasteiger partial charge in [0.1, 0.15) is 6.33 Å². The van der Waals surface area contributed by atoms with Crippen molar-refractivity contribution in [3.8, 4) is 11.4 Å². The zero-order valence-corrected chi connectivity index (χ0v) is 19.9. The molecule has 0 aliphatic carbocycles. The van der Waals surface area contributed by atoms with E-state index in [-0.39, 0.29) is 30.0 Å². The van der Waals surface area contributed by atoms with Crippen LogP contribution in [0.3, 0.4) is 0 Å². The molecule has 9 heteroatoms. The first-order valence-corrected chi connectivity index (χ1v) is 9.39. The van der Waals surface area contributed by atoms with E-state index >= 15 is 0 Å². The zero-order chi connectivity index (χ0) is 20.1. The maximum atomic E-state index is 4.50. The summed E-state index contributed by atoms with van der Waals surface area (Å²) in [5.41, 5.74) is 5.73. The normalized spacial score (nSPS) is 12.4. The number of halogens is 1. The maximum Gasteiger partial charge on any atom is 0.191 e. The van der Waals surface area contributed by atoms with Crippen LogP contribution in [0.4, 0.5) is 0 Å². The Morgan fingerprint density at radius 3 is 2.72 bits per heavy atom. The highest BCUT2D eigenvalue weighted by atomic mass is 127. The molecule has 0 saturated carbocycles. The molecule has 3 rings (SSSR count). The molecule has 0 fully saturated rings. The van der Waals surface area contributed by atoms with Gasteiger partial charge in [-0.15, -0.1) is 24.0 Å². The Labute approximate surface area is 188 Å². The summed E-state index contributed by atoms with van der Waals surface area (Å²) in [5.74, 6) is 1.54. The molecule has 3 aromatic rings. The van der Waals surface area contributed by atoms with Gasteiger partial charge in [-0.3, -0.25) is 14.8 Å². The van der Waals surface area contributed by atoms with Gasteiger partial charge in [-0.2, -0.15) is 10.2 Å². The summed E-state index contributed by atoms with van der Waals surface area (Å²) in [6.45, 7) is 6.99. The van der Waals surface area contributed by atoms with Gasteiger partial charge in [-0.05, 0) is 44.4 Å². The third kappa shape index (κ3) is 5.78. The molecule has 3 N–H and O–H groups in total. The topological polar surface area (TPSA) is 95.8 Å². The number of benzene rings is 1. The van der Waals surface area contributed by atoms with Crippen molar-refractivity contribution in [2.45, 2.75) is 39.8 Å². The number of aliphatic imine (C=N–C) groups is 1. The highest BCUT2D eigenvalue weighted by molar-refractivity contribution is 14.0. The van der Waals surface area contributed by atoms with Gasteiger partial charge in [0.25, 0.3) is 0 Å². The van der Waals surface area contributed by atoms with Crippen molar-refractivity contribution in [3.05, 3.63) is 53.1 Å². The van der Waals surface area contributed by atoms with E-state index in [1.54, 1.807) is 7.05 Å². The van der Waals surface area contributed by atoms with Crippen LogP contribution in [-0.4, -0.2) is 44.0 Å². The number of hydrogen-bond donors (Lipinski definition) is 3. The largest absolute Gasteiger partial charge is 0.354 e. The van der Waals surface area contributed by atoms with Crippen LogP contribution in [0.5, 0.6) is 0 Å². The van der Waals surface area contributed by atoms with E-state index in [0.29, 0.717) is 6.54 Å². The Morgan fingerprint density at radius 1 is 1.31 bits per heavy atom. The number of nitrogens with zero attached hydrogens (tertiary/aromatic N) is 5. The molecule has 1 unspecified atom stereocenters. The lowest BCUT2D eigenvalue weighted by atomic mass is 10.1. The second-order valence-electron chi connectivity index (χ2n) is 6.98. The van der Waals surface area contributed by atoms with Crippen molar-refractivity contribution in [2.24, 2.45) is 12.0 Å². The van der Waals surface area contributed by atoms with E-state index in [4.69, 9.17) is 0 Å². The molecule has 29 heavy (non-hydrogen) atoms. The van der Waals surface area contributed by atoms with E-state index in [0.717, 1.165) is 35.0 Å². The molecule has 0 bridgehead atoms. The van der Waals surface area contributed by atoms with Gasteiger partial charge in [-0.1, -0.05) is 18.2 Å². The van der Waals surface area contributed by atoms with Crippen LogP contribution >= 0.6 is 24.0 Å². The molecule has 0 radical (unpaired) electrons. The minimum atomic E-state index is 0. The predicted octanol–water partition coefficient (Wildman–Crippen LogP) is 2.74. The molecule has 156 valence electrons. The average molecular weight is 508 g/mol. The Kier molecular flexibility index (Phi) is 8.18. The van der Waals surface area contributed by atoms with Crippen LogP contribution in [0.2, 0.25) is 0 Å². The Balaban J connectivity index is 0.00000300. The van der Waals surface area contributed by atoms with E-state index < -0.39 is 0 Å². The lowest BCUT2D eigenvalue weighted by molar-refractivity contribution is 0.635. The Morgan fingerprint density at radius 2 is 2.10 bits per heavy atom. The molecule has 8 nitrogen and oxygen atoms in total. The summed E-state index contributed by atoms with van der Waals surface area (Å²) in [4.78, 5) is 8.56. The van der Waals surface area contributed by atoms with Crippen LogP contribution in [0.25, 0.3) is 11.4 Å². The molecular formula is C20H29IN8. The highest BCUT2D eigenvalue weighted by Crippen LogP contribution is 2.16. The van der Waals surface area contributed by atoms with Crippen LogP contribution in [0.15, 0.2) is 35.6 Å². The lowest BCUT2D eigenvalue weighted by Crippen LogP contribution is -2.42. The molecule has 1 atom stereocenters. The number of hydrogen-bond acceptors (Lipinski definition) is 4. The van der Waals surface area contributed by atoms with E-state index in [1.807, 2.05) is 23.9 Å². The van der Waals surface area contributed by atoms with Gasteiger partial charge in [-0.25, -0.2) is 4.98 Å². The summed E-state index contributed by atoms with van der Waals surface area (Å²) in [7, 11) is 3.77. The molecule has 2 heterocycles. The monoisotopic (exact) mass is 508 g/mol. The molecule has 2 aromatic heterocycles.